The average molecular weight is 576 g/mol. The Bertz CT molecular complexity index is 1250. The number of carbonyl (C=O) groups is 2. The van der Waals surface area contributed by atoms with E-state index < -0.39 is 0 Å². The van der Waals surface area contributed by atoms with Gasteiger partial charge in [0.2, 0.25) is 17.8 Å². The van der Waals surface area contributed by atoms with Crippen LogP contribution in [0.2, 0.25) is 5.02 Å². The van der Waals surface area contributed by atoms with Crippen LogP contribution >= 0.6 is 24.0 Å². The lowest BCUT2D eigenvalue weighted by Gasteiger charge is -2.36. The fraction of sp³-hybridized carbons (Fsp3) is 0.308. The van der Waals surface area contributed by atoms with Gasteiger partial charge in [0.15, 0.2) is 5.82 Å². The zero-order valence-corrected chi connectivity index (χ0v) is 23.1. The molecule has 1 fully saturated rings. The number of hydrogen-bond acceptors (Lipinski definition) is 9. The van der Waals surface area contributed by atoms with Crippen LogP contribution in [0.5, 0.6) is 0 Å². The molecule has 0 radical (unpaired) electrons. The molecule has 2 aromatic carbocycles. The van der Waals surface area contributed by atoms with Gasteiger partial charge in [0.05, 0.1) is 6.20 Å². The molecule has 208 valence electrons. The Labute approximate surface area is 238 Å². The maximum atomic E-state index is 11.3. The number of amides is 2. The van der Waals surface area contributed by atoms with Gasteiger partial charge in [0.25, 0.3) is 0 Å². The number of benzene rings is 2. The lowest BCUT2D eigenvalue weighted by molar-refractivity contribution is -0.129. The summed E-state index contributed by atoms with van der Waals surface area (Å²) in [6.07, 6.45) is 2.58. The number of halogens is 2. The van der Waals surface area contributed by atoms with Crippen molar-refractivity contribution in [3.05, 3.63) is 59.8 Å². The lowest BCUT2D eigenvalue weighted by atomic mass is 10.2. The van der Waals surface area contributed by atoms with Crippen LogP contribution in [0, 0.1) is 0 Å². The normalized spacial score (nSPS) is 13.3. The van der Waals surface area contributed by atoms with Crippen molar-refractivity contribution in [3.8, 4) is 0 Å². The predicted octanol–water partition coefficient (Wildman–Crippen LogP) is 4.41. The van der Waals surface area contributed by atoms with Gasteiger partial charge in [-0.15, -0.1) is 12.4 Å². The fourth-order valence-electron chi connectivity index (χ4n) is 4.16. The first-order chi connectivity index (χ1) is 18.4. The molecule has 11 nitrogen and oxygen atoms in total. The third-order valence-electron chi connectivity index (χ3n) is 6.05. The minimum Gasteiger partial charge on any atom is -0.369 e. The van der Waals surface area contributed by atoms with Crippen molar-refractivity contribution in [2.45, 2.75) is 19.8 Å². The van der Waals surface area contributed by atoms with Gasteiger partial charge in [-0.25, -0.2) is 10.5 Å². The molecule has 0 spiro atoms. The van der Waals surface area contributed by atoms with E-state index in [-0.39, 0.29) is 24.2 Å². The number of rotatable bonds is 10. The van der Waals surface area contributed by atoms with Gasteiger partial charge in [-0.3, -0.25) is 19.7 Å². The van der Waals surface area contributed by atoms with Crippen LogP contribution in [0.4, 0.5) is 34.5 Å². The summed E-state index contributed by atoms with van der Waals surface area (Å²) in [6.45, 7) is 5.93. The van der Waals surface area contributed by atoms with E-state index >= 15 is 0 Å². The molecule has 1 aliphatic heterocycles. The van der Waals surface area contributed by atoms with Gasteiger partial charge in [0.1, 0.15) is 5.02 Å². The zero-order valence-electron chi connectivity index (χ0n) is 21.5. The maximum absolute atomic E-state index is 11.3. The molecule has 4 rings (SSSR count). The number of anilines is 6. The van der Waals surface area contributed by atoms with Crippen molar-refractivity contribution in [1.29, 1.82) is 0 Å². The third kappa shape index (κ3) is 8.96. The Hall–Kier alpha value is -3.64. The Balaban J connectivity index is 0.00000420. The van der Waals surface area contributed by atoms with Crippen LogP contribution in [0.3, 0.4) is 0 Å². The highest BCUT2D eigenvalue weighted by atomic mass is 35.5. The van der Waals surface area contributed by atoms with E-state index in [4.69, 9.17) is 16.8 Å². The molecule has 1 aromatic heterocycles. The molecule has 39 heavy (non-hydrogen) atoms. The van der Waals surface area contributed by atoms with E-state index in [9.17, 15) is 9.59 Å². The first-order valence-electron chi connectivity index (χ1n) is 12.3. The molecule has 1 aliphatic rings. The molecule has 2 heterocycles. The monoisotopic (exact) mass is 574 g/mol. The molecule has 3 aromatic rings. The Kier molecular flexibility index (Phi) is 11.1. The number of nitrogens with zero attached hydrogens (tertiary/aromatic N) is 4. The van der Waals surface area contributed by atoms with Crippen molar-refractivity contribution in [3.63, 3.8) is 0 Å². The van der Waals surface area contributed by atoms with Gasteiger partial charge in [-0.2, -0.15) is 4.98 Å². The van der Waals surface area contributed by atoms with E-state index in [1.807, 2.05) is 24.3 Å². The van der Waals surface area contributed by atoms with Crippen LogP contribution in [-0.2, 0) is 9.59 Å². The van der Waals surface area contributed by atoms with E-state index in [0.29, 0.717) is 28.9 Å². The summed E-state index contributed by atoms with van der Waals surface area (Å²) in [5.74, 6) is 0.341. The van der Waals surface area contributed by atoms with Crippen molar-refractivity contribution >= 4 is 70.3 Å². The summed E-state index contributed by atoms with van der Waals surface area (Å²) >= 11 is 6.32. The molecule has 0 bridgehead atoms. The first-order valence-corrected chi connectivity index (χ1v) is 12.7. The summed E-state index contributed by atoms with van der Waals surface area (Å²) in [5, 5.41) is 18.1. The Morgan fingerprint density at radius 1 is 1.00 bits per heavy atom. The van der Waals surface area contributed by atoms with Gasteiger partial charge in [0, 0.05) is 62.3 Å². The minimum absolute atomic E-state index is 0. The Morgan fingerprint density at radius 2 is 1.72 bits per heavy atom. The quantitative estimate of drug-likeness (QED) is 0.176. The molecule has 1 saturated heterocycles. The van der Waals surface area contributed by atoms with Gasteiger partial charge in [-0.05, 0) is 55.4 Å². The second kappa shape index (κ2) is 14.5. The molecule has 13 heteroatoms. The highest BCUT2D eigenvalue weighted by Crippen LogP contribution is 2.27. The van der Waals surface area contributed by atoms with Crippen molar-refractivity contribution in [2.75, 3.05) is 53.6 Å². The maximum Gasteiger partial charge on any atom is 0.243 e. The fourth-order valence-corrected chi connectivity index (χ4v) is 4.30. The summed E-state index contributed by atoms with van der Waals surface area (Å²) in [4.78, 5) is 36.0. The standard InChI is InChI=1S/C26H31ClN8O3.ClH/c1-18(36)29-20-4-2-5-21(16-20)30-25-23(27)17-28-26(32-25)31-19-7-9-22(10-8-19)35-14-12-34(13-15-35)11-3-6-24(37)33-38;/h2,4-5,7-10,16-17,38H,3,6,11-15H2,1H3,(H,29,36)(H,33,37)(H2,28,30,31,32);1H. The van der Waals surface area contributed by atoms with Crippen molar-refractivity contribution in [1.82, 2.24) is 20.3 Å². The van der Waals surface area contributed by atoms with Gasteiger partial charge < -0.3 is 20.9 Å². The Morgan fingerprint density at radius 3 is 2.41 bits per heavy atom. The van der Waals surface area contributed by atoms with E-state index in [1.165, 1.54) is 13.1 Å². The summed E-state index contributed by atoms with van der Waals surface area (Å²) < 4.78 is 0. The number of carbonyl (C=O) groups excluding carboxylic acids is 2. The van der Waals surface area contributed by atoms with Crippen LogP contribution in [-0.4, -0.2) is 64.6 Å². The molecule has 0 saturated carbocycles. The van der Waals surface area contributed by atoms with E-state index in [2.05, 4.69) is 47.9 Å². The zero-order chi connectivity index (χ0) is 26.9. The highest BCUT2D eigenvalue weighted by molar-refractivity contribution is 6.32. The highest BCUT2D eigenvalue weighted by Gasteiger charge is 2.17. The molecular formula is C26H32Cl2N8O3. The topological polar surface area (TPSA) is 135 Å². The first kappa shape index (κ1) is 29.9. The van der Waals surface area contributed by atoms with Crippen LogP contribution in [0.15, 0.2) is 54.7 Å². The largest absolute Gasteiger partial charge is 0.369 e. The second-order valence-electron chi connectivity index (χ2n) is 8.92. The third-order valence-corrected chi connectivity index (χ3v) is 6.33. The summed E-state index contributed by atoms with van der Waals surface area (Å²) in [5.41, 5.74) is 5.04. The minimum atomic E-state index is -0.345. The summed E-state index contributed by atoms with van der Waals surface area (Å²) in [7, 11) is 0. The van der Waals surface area contributed by atoms with Crippen molar-refractivity contribution in [2.24, 2.45) is 0 Å². The number of hydrogen-bond donors (Lipinski definition) is 5. The molecule has 0 unspecified atom stereocenters. The second-order valence-corrected chi connectivity index (χ2v) is 9.32. The van der Waals surface area contributed by atoms with Crippen LogP contribution in [0.25, 0.3) is 0 Å². The molecule has 0 aliphatic carbocycles. The molecule has 5 N–H and O–H groups in total. The predicted molar refractivity (Wildman–Crippen MR) is 156 cm³/mol. The van der Waals surface area contributed by atoms with Crippen LogP contribution in [0.1, 0.15) is 19.8 Å². The van der Waals surface area contributed by atoms with E-state index in [1.54, 1.807) is 17.6 Å². The molecule has 2 amide bonds. The van der Waals surface area contributed by atoms with E-state index in [0.717, 1.165) is 56.2 Å². The number of hydroxylamine groups is 1. The smallest absolute Gasteiger partial charge is 0.243 e. The number of piperazine rings is 1. The number of nitrogens with one attached hydrogen (secondary N) is 4. The number of aromatic nitrogens is 2. The lowest BCUT2D eigenvalue weighted by Crippen LogP contribution is -2.46. The van der Waals surface area contributed by atoms with Gasteiger partial charge in [-0.1, -0.05) is 17.7 Å². The SMILES string of the molecule is CC(=O)Nc1cccc(Nc2nc(Nc3ccc(N4CCN(CCCC(=O)NO)CC4)cc3)ncc2Cl)c1.Cl. The molecular weight excluding hydrogens is 543 g/mol. The molecule has 0 atom stereocenters. The van der Waals surface area contributed by atoms with Crippen molar-refractivity contribution < 1.29 is 14.8 Å². The summed E-state index contributed by atoms with van der Waals surface area (Å²) in [6, 6.07) is 15.4. The van der Waals surface area contributed by atoms with Gasteiger partial charge >= 0.3 is 0 Å². The average Bonchev–Trinajstić information content (AvgIpc) is 2.91. The van der Waals surface area contributed by atoms with Crippen LogP contribution < -0.4 is 26.3 Å².